The molecule has 0 aliphatic heterocycles. The predicted octanol–water partition coefficient (Wildman–Crippen LogP) is 4.12. The van der Waals surface area contributed by atoms with Crippen LogP contribution >= 0.6 is 23.4 Å². The van der Waals surface area contributed by atoms with E-state index >= 15 is 0 Å². The van der Waals surface area contributed by atoms with Crippen molar-refractivity contribution < 1.29 is 0 Å². The van der Waals surface area contributed by atoms with Crippen LogP contribution in [-0.2, 0) is 5.75 Å². The van der Waals surface area contributed by atoms with Gasteiger partial charge in [0.25, 0.3) is 5.56 Å². The molecule has 1 heterocycles. The Kier molecular flexibility index (Phi) is 5.31. The smallest absolute Gasteiger partial charge is 0.252 e. The minimum Gasteiger partial charge on any atom is -0.325 e. The first-order valence-corrected chi connectivity index (χ1v) is 8.12. The molecule has 6 heteroatoms. The number of thioether (sulfide) groups is 1. The van der Waals surface area contributed by atoms with Crippen LogP contribution in [0.3, 0.4) is 0 Å². The van der Waals surface area contributed by atoms with Crippen LogP contribution in [0.1, 0.15) is 25.1 Å². The Morgan fingerprint density at radius 2 is 2.14 bits per heavy atom. The SMILES string of the molecule is Cc1ccc(Cl)cc1Nc1nc(CSC(C)C)cc(=O)[nH]1. The number of rotatable bonds is 5. The van der Waals surface area contributed by atoms with Gasteiger partial charge in [-0.05, 0) is 29.9 Å². The predicted molar refractivity (Wildman–Crippen MR) is 90.8 cm³/mol. The van der Waals surface area contributed by atoms with E-state index < -0.39 is 0 Å². The van der Waals surface area contributed by atoms with Crippen molar-refractivity contribution in [1.29, 1.82) is 0 Å². The average molecular weight is 324 g/mol. The van der Waals surface area contributed by atoms with Crippen LogP contribution in [0.2, 0.25) is 5.02 Å². The zero-order valence-electron chi connectivity index (χ0n) is 12.2. The second-order valence-electron chi connectivity index (χ2n) is 5.03. The molecule has 112 valence electrons. The van der Waals surface area contributed by atoms with E-state index in [-0.39, 0.29) is 5.56 Å². The third kappa shape index (κ3) is 4.79. The maximum Gasteiger partial charge on any atom is 0.252 e. The first-order valence-electron chi connectivity index (χ1n) is 6.69. The van der Waals surface area contributed by atoms with Crippen LogP contribution in [-0.4, -0.2) is 15.2 Å². The van der Waals surface area contributed by atoms with Crippen molar-refractivity contribution in [2.45, 2.75) is 31.8 Å². The molecular formula is C15H18ClN3OS. The number of nitrogens with zero attached hydrogens (tertiary/aromatic N) is 1. The van der Waals surface area contributed by atoms with Crippen molar-refractivity contribution in [2.24, 2.45) is 0 Å². The lowest BCUT2D eigenvalue weighted by molar-refractivity contribution is 1.05. The normalized spacial score (nSPS) is 10.9. The van der Waals surface area contributed by atoms with Gasteiger partial charge in [0.05, 0.1) is 5.69 Å². The van der Waals surface area contributed by atoms with Gasteiger partial charge in [-0.2, -0.15) is 11.8 Å². The van der Waals surface area contributed by atoms with Crippen molar-refractivity contribution in [3.63, 3.8) is 0 Å². The fraction of sp³-hybridized carbons (Fsp3) is 0.333. The number of aromatic nitrogens is 2. The number of hydrogen-bond donors (Lipinski definition) is 2. The van der Waals surface area contributed by atoms with Gasteiger partial charge in [0.15, 0.2) is 0 Å². The van der Waals surface area contributed by atoms with E-state index in [0.717, 1.165) is 16.9 Å². The highest BCUT2D eigenvalue weighted by molar-refractivity contribution is 7.99. The lowest BCUT2D eigenvalue weighted by Gasteiger charge is -2.10. The average Bonchev–Trinajstić information content (AvgIpc) is 2.40. The highest BCUT2D eigenvalue weighted by Crippen LogP contribution is 2.22. The molecule has 0 unspecified atom stereocenters. The van der Waals surface area contributed by atoms with Crippen molar-refractivity contribution in [3.05, 3.63) is 50.9 Å². The summed E-state index contributed by atoms with van der Waals surface area (Å²) >= 11 is 7.74. The Balaban J connectivity index is 2.23. The number of H-pyrrole nitrogens is 1. The summed E-state index contributed by atoms with van der Waals surface area (Å²) in [5.41, 5.74) is 2.47. The van der Waals surface area contributed by atoms with Gasteiger partial charge in [-0.1, -0.05) is 31.5 Å². The standard InChI is InChI=1S/C15H18ClN3OS/c1-9(2)21-8-12-7-14(20)19-15(17-12)18-13-6-11(16)5-4-10(13)3/h4-7,9H,8H2,1-3H3,(H2,17,18,19,20). The van der Waals surface area contributed by atoms with E-state index in [4.69, 9.17) is 11.6 Å². The molecule has 0 saturated heterocycles. The monoisotopic (exact) mass is 323 g/mol. The second-order valence-corrected chi connectivity index (χ2v) is 7.03. The van der Waals surface area contributed by atoms with Crippen LogP contribution < -0.4 is 10.9 Å². The molecular weight excluding hydrogens is 306 g/mol. The summed E-state index contributed by atoms with van der Waals surface area (Å²) in [5.74, 6) is 1.15. The molecule has 2 aromatic rings. The summed E-state index contributed by atoms with van der Waals surface area (Å²) in [6.07, 6.45) is 0. The molecule has 0 amide bonds. The third-order valence-electron chi connectivity index (χ3n) is 2.81. The molecule has 2 N–H and O–H groups in total. The number of nitrogens with one attached hydrogen (secondary N) is 2. The van der Waals surface area contributed by atoms with E-state index in [1.807, 2.05) is 25.1 Å². The summed E-state index contributed by atoms with van der Waals surface area (Å²) in [6.45, 7) is 6.20. The number of aromatic amines is 1. The van der Waals surface area contributed by atoms with Gasteiger partial charge < -0.3 is 5.32 Å². The van der Waals surface area contributed by atoms with Crippen LogP contribution in [0.15, 0.2) is 29.1 Å². The largest absolute Gasteiger partial charge is 0.325 e. The first-order chi connectivity index (χ1) is 9.94. The number of anilines is 2. The molecule has 2 rings (SSSR count). The Bertz CT molecular complexity index is 685. The van der Waals surface area contributed by atoms with Crippen LogP contribution in [0, 0.1) is 6.92 Å². The lowest BCUT2D eigenvalue weighted by Crippen LogP contribution is -2.12. The fourth-order valence-corrected chi connectivity index (χ4v) is 2.57. The molecule has 1 aromatic heterocycles. The Labute approximate surface area is 133 Å². The van der Waals surface area contributed by atoms with Gasteiger partial charge in [0, 0.05) is 22.5 Å². The van der Waals surface area contributed by atoms with Gasteiger partial charge >= 0.3 is 0 Å². The van der Waals surface area contributed by atoms with Crippen molar-refractivity contribution >= 4 is 35.0 Å². The molecule has 0 aliphatic rings. The van der Waals surface area contributed by atoms with E-state index in [9.17, 15) is 4.79 Å². The highest BCUT2D eigenvalue weighted by Gasteiger charge is 2.06. The maximum absolute atomic E-state index is 11.7. The molecule has 0 atom stereocenters. The summed E-state index contributed by atoms with van der Waals surface area (Å²) in [5, 5.41) is 4.26. The van der Waals surface area contributed by atoms with Crippen LogP contribution in [0.5, 0.6) is 0 Å². The highest BCUT2D eigenvalue weighted by atomic mass is 35.5. The van der Waals surface area contributed by atoms with Gasteiger partial charge in [-0.3, -0.25) is 9.78 Å². The van der Waals surface area contributed by atoms with Crippen LogP contribution in [0.4, 0.5) is 11.6 Å². The summed E-state index contributed by atoms with van der Waals surface area (Å²) in [6, 6.07) is 7.09. The first kappa shape index (κ1) is 15.9. The molecule has 0 aliphatic carbocycles. The van der Waals surface area contributed by atoms with Gasteiger partial charge in [-0.15, -0.1) is 0 Å². The van der Waals surface area contributed by atoms with Crippen LogP contribution in [0.25, 0.3) is 0 Å². The molecule has 0 saturated carbocycles. The van der Waals surface area contributed by atoms with Gasteiger partial charge in [0.1, 0.15) is 0 Å². The Morgan fingerprint density at radius 3 is 2.86 bits per heavy atom. The summed E-state index contributed by atoms with van der Waals surface area (Å²) in [4.78, 5) is 18.9. The summed E-state index contributed by atoms with van der Waals surface area (Å²) < 4.78 is 0. The third-order valence-corrected chi connectivity index (χ3v) is 4.18. The van der Waals surface area contributed by atoms with Gasteiger partial charge in [-0.25, -0.2) is 4.98 Å². The fourth-order valence-electron chi connectivity index (χ4n) is 1.75. The maximum atomic E-state index is 11.7. The quantitative estimate of drug-likeness (QED) is 0.869. The Morgan fingerprint density at radius 1 is 1.38 bits per heavy atom. The molecule has 1 aromatic carbocycles. The van der Waals surface area contributed by atoms with E-state index in [0.29, 0.717) is 22.0 Å². The minimum absolute atomic E-state index is 0.161. The minimum atomic E-state index is -0.161. The zero-order chi connectivity index (χ0) is 15.4. The molecule has 21 heavy (non-hydrogen) atoms. The second kappa shape index (κ2) is 7.00. The molecule has 4 nitrogen and oxygen atoms in total. The number of benzene rings is 1. The topological polar surface area (TPSA) is 57.8 Å². The zero-order valence-corrected chi connectivity index (χ0v) is 13.8. The Hall–Kier alpha value is -1.46. The molecule has 0 radical (unpaired) electrons. The molecule has 0 spiro atoms. The number of aryl methyl sites for hydroxylation is 1. The van der Waals surface area contributed by atoms with E-state index in [1.165, 1.54) is 6.07 Å². The van der Waals surface area contributed by atoms with Crippen molar-refractivity contribution in [3.8, 4) is 0 Å². The summed E-state index contributed by atoms with van der Waals surface area (Å²) in [7, 11) is 0. The van der Waals surface area contributed by atoms with Crippen molar-refractivity contribution in [2.75, 3.05) is 5.32 Å². The number of halogens is 1. The lowest BCUT2D eigenvalue weighted by atomic mass is 10.2. The van der Waals surface area contributed by atoms with Crippen molar-refractivity contribution in [1.82, 2.24) is 9.97 Å². The van der Waals surface area contributed by atoms with E-state index in [2.05, 4.69) is 29.1 Å². The van der Waals surface area contributed by atoms with Gasteiger partial charge in [0.2, 0.25) is 5.95 Å². The molecule has 0 bridgehead atoms. The molecule has 0 fully saturated rings. The number of hydrogen-bond acceptors (Lipinski definition) is 4. The van der Waals surface area contributed by atoms with E-state index in [1.54, 1.807) is 11.8 Å².